The number of ether oxygens (including phenoxy) is 2. The van der Waals surface area contributed by atoms with E-state index < -0.39 is 51.6 Å². The second-order valence-electron chi connectivity index (χ2n) is 11.5. The number of phenolic OH excluding ortho intramolecular Hbond substituents is 1. The average molecular weight is 647 g/mol. The van der Waals surface area contributed by atoms with E-state index in [0.717, 1.165) is 17.0 Å². The second kappa shape index (κ2) is 11.8. The summed E-state index contributed by atoms with van der Waals surface area (Å²) in [6.07, 6.45) is -4.11. The summed E-state index contributed by atoms with van der Waals surface area (Å²) in [4.78, 5) is 15.1. The van der Waals surface area contributed by atoms with Gasteiger partial charge in [-0.05, 0) is 42.2 Å². The summed E-state index contributed by atoms with van der Waals surface area (Å²) >= 11 is 0. The largest absolute Gasteiger partial charge is 0.573 e. The first-order chi connectivity index (χ1) is 21.1. The summed E-state index contributed by atoms with van der Waals surface area (Å²) in [6, 6.07) is 11.4. The molecule has 0 fully saturated rings. The number of carbonyl (C=O) groups excluding carboxylic acids is 1. The molecule has 45 heavy (non-hydrogen) atoms. The molecule has 2 aliphatic heterocycles. The number of phenols is 1. The van der Waals surface area contributed by atoms with E-state index in [0.29, 0.717) is 0 Å². The molecule has 0 radical (unpaired) electrons. The van der Waals surface area contributed by atoms with Crippen LogP contribution in [0.4, 0.5) is 28.9 Å². The maximum atomic E-state index is 16.1. The topological polar surface area (TPSA) is 105 Å². The Morgan fingerprint density at radius 2 is 1.89 bits per heavy atom. The van der Waals surface area contributed by atoms with Gasteiger partial charge in [0.1, 0.15) is 41.4 Å². The Morgan fingerprint density at radius 3 is 2.58 bits per heavy atom. The summed E-state index contributed by atoms with van der Waals surface area (Å²) in [5.74, 6) is -2.93. The number of nitrogens with zero attached hydrogens (tertiary/aromatic N) is 1. The van der Waals surface area contributed by atoms with E-state index in [2.05, 4.69) is 16.6 Å². The Labute approximate surface area is 257 Å². The number of halogens is 4. The summed E-state index contributed by atoms with van der Waals surface area (Å²) in [6.45, 7) is 7.12. The summed E-state index contributed by atoms with van der Waals surface area (Å²) in [7, 11) is -4.20. The second-order valence-corrected chi connectivity index (χ2v) is 13.5. The Balaban J connectivity index is 1.76. The fourth-order valence-corrected chi connectivity index (χ4v) is 8.11. The van der Waals surface area contributed by atoms with Gasteiger partial charge >= 0.3 is 6.36 Å². The molecule has 0 saturated carbocycles. The number of carbonyl (C=O) groups is 1. The minimum atomic E-state index is -5.05. The van der Waals surface area contributed by atoms with Gasteiger partial charge in [0.25, 0.3) is 0 Å². The molecule has 238 valence electrons. The van der Waals surface area contributed by atoms with Gasteiger partial charge in [0, 0.05) is 22.9 Å². The van der Waals surface area contributed by atoms with Crippen LogP contribution in [-0.2, 0) is 21.1 Å². The molecule has 5 rings (SSSR count). The number of aromatic hydroxyl groups is 1. The molecule has 0 saturated heterocycles. The predicted molar refractivity (Wildman–Crippen MR) is 160 cm³/mol. The number of hydrogen-bond acceptors (Lipinski definition) is 7. The fraction of sp³-hybridized carbons (Fsp3) is 0.281. The number of rotatable bonds is 7. The smallest absolute Gasteiger partial charge is 0.506 e. The van der Waals surface area contributed by atoms with Gasteiger partial charge in [0.05, 0.1) is 22.8 Å². The van der Waals surface area contributed by atoms with E-state index >= 15 is 4.39 Å². The third kappa shape index (κ3) is 6.63. The lowest BCUT2D eigenvalue weighted by atomic mass is 9.88. The van der Waals surface area contributed by atoms with Gasteiger partial charge in [0.15, 0.2) is 9.84 Å². The van der Waals surface area contributed by atoms with Crippen LogP contribution in [0.5, 0.6) is 17.2 Å². The highest BCUT2D eigenvalue weighted by molar-refractivity contribution is 7.95. The Bertz CT molecular complexity index is 1800. The first-order valence-electron chi connectivity index (χ1n) is 13.8. The summed E-state index contributed by atoms with van der Waals surface area (Å²) < 4.78 is 93.3. The highest BCUT2D eigenvalue weighted by Crippen LogP contribution is 2.52. The summed E-state index contributed by atoms with van der Waals surface area (Å²) in [5, 5.41) is 13.9. The molecule has 13 heteroatoms. The minimum Gasteiger partial charge on any atom is -0.506 e. The molecule has 0 bridgehead atoms. The van der Waals surface area contributed by atoms with Crippen LogP contribution in [0.15, 0.2) is 83.9 Å². The number of amides is 1. The molecule has 3 aromatic carbocycles. The van der Waals surface area contributed by atoms with Gasteiger partial charge in [-0.15, -0.1) is 13.2 Å². The van der Waals surface area contributed by atoms with Crippen LogP contribution in [0, 0.1) is 11.2 Å². The minimum absolute atomic E-state index is 0.00647. The maximum Gasteiger partial charge on any atom is 0.573 e. The molecule has 1 amide bonds. The van der Waals surface area contributed by atoms with E-state index in [4.69, 9.17) is 4.74 Å². The van der Waals surface area contributed by atoms with Gasteiger partial charge < -0.3 is 19.9 Å². The van der Waals surface area contributed by atoms with Crippen molar-refractivity contribution >= 4 is 27.1 Å². The molecule has 0 aliphatic carbocycles. The van der Waals surface area contributed by atoms with Crippen molar-refractivity contribution in [3.63, 3.8) is 0 Å². The zero-order valence-corrected chi connectivity index (χ0v) is 25.1. The van der Waals surface area contributed by atoms with Crippen LogP contribution < -0.4 is 19.7 Å². The number of benzene rings is 3. The van der Waals surface area contributed by atoms with Crippen LogP contribution in [0.25, 0.3) is 0 Å². The van der Waals surface area contributed by atoms with Gasteiger partial charge in [0.2, 0.25) is 5.91 Å². The Hall–Kier alpha value is -4.52. The monoisotopic (exact) mass is 646 g/mol. The first-order valence-corrected chi connectivity index (χ1v) is 15.5. The van der Waals surface area contributed by atoms with Gasteiger partial charge in [-0.2, -0.15) is 0 Å². The number of fused-ring (bicyclic) bond motifs is 1. The lowest BCUT2D eigenvalue weighted by Gasteiger charge is -2.37. The molecule has 2 N–H and O–H groups in total. The van der Waals surface area contributed by atoms with Crippen molar-refractivity contribution in [2.45, 2.75) is 39.1 Å². The van der Waals surface area contributed by atoms with Crippen molar-refractivity contribution in [2.75, 3.05) is 22.6 Å². The molecule has 0 spiro atoms. The van der Waals surface area contributed by atoms with Crippen molar-refractivity contribution in [3.05, 3.63) is 101 Å². The normalized spacial score (nSPS) is 18.6. The van der Waals surface area contributed by atoms with E-state index in [1.165, 1.54) is 54.6 Å². The van der Waals surface area contributed by atoms with Crippen molar-refractivity contribution in [1.29, 1.82) is 0 Å². The number of allylic oxidation sites excluding steroid dienone is 1. The number of alkyl halides is 3. The summed E-state index contributed by atoms with van der Waals surface area (Å²) in [5.41, 5.74) is -0.987. The number of sulfone groups is 1. The van der Waals surface area contributed by atoms with Crippen molar-refractivity contribution in [2.24, 2.45) is 5.41 Å². The molecule has 3 aromatic rings. The molecular weight excluding hydrogens is 616 g/mol. The highest BCUT2D eigenvalue weighted by atomic mass is 32.2. The van der Waals surface area contributed by atoms with Gasteiger partial charge in [-0.1, -0.05) is 50.8 Å². The number of nitrogens with one attached hydrogen (secondary N) is 1. The van der Waals surface area contributed by atoms with Gasteiger partial charge in [-0.25, -0.2) is 12.8 Å². The van der Waals surface area contributed by atoms with E-state index in [1.807, 2.05) is 0 Å². The number of para-hydroxylation sites is 2. The molecule has 0 aromatic heterocycles. The fourth-order valence-electron chi connectivity index (χ4n) is 5.76. The number of hydrogen-bond donors (Lipinski definition) is 2. The van der Waals surface area contributed by atoms with Gasteiger partial charge in [-0.3, -0.25) is 9.69 Å². The van der Waals surface area contributed by atoms with Crippen LogP contribution >= 0.6 is 0 Å². The van der Waals surface area contributed by atoms with E-state index in [-0.39, 0.29) is 63.4 Å². The van der Waals surface area contributed by atoms with E-state index in [9.17, 15) is 31.5 Å². The average Bonchev–Trinajstić information content (AvgIpc) is 3.07. The van der Waals surface area contributed by atoms with Crippen LogP contribution in [0.1, 0.15) is 37.4 Å². The van der Waals surface area contributed by atoms with E-state index in [1.54, 1.807) is 13.8 Å². The predicted octanol–water partition coefficient (Wildman–Crippen LogP) is 6.79. The lowest BCUT2D eigenvalue weighted by Crippen LogP contribution is -2.42. The molecular formula is C32H30F4N2O6S. The number of anilines is 2. The quantitative estimate of drug-likeness (QED) is 0.165. The molecule has 2 heterocycles. The molecule has 1 atom stereocenters. The Morgan fingerprint density at radius 1 is 1.16 bits per heavy atom. The third-order valence-corrected chi connectivity index (χ3v) is 9.68. The van der Waals surface area contributed by atoms with Crippen LogP contribution in [-0.4, -0.2) is 38.2 Å². The highest BCUT2D eigenvalue weighted by Gasteiger charge is 2.48. The SMILES string of the molecule is C=CCOc1ccc([C@H]2C3=C(CC(C)(C)CS3(=O)=O)Nc3c(O)cccc3N2C(=O)Cc2ccccc2OC(F)(F)F)c(F)c1. The lowest BCUT2D eigenvalue weighted by molar-refractivity contribution is -0.274. The zero-order chi connectivity index (χ0) is 32.7. The standard InChI is InChI=1S/C32H30F4N2O6S/c1-4-14-43-20-12-13-21(22(33)16-20)29-30-23(17-31(2,3)18-45(30,41)42)37-28-24(9-7-10-25(28)39)38(29)27(40)15-19-8-5-6-11-26(19)44-32(34,35)36/h4-13,16,29,37,39H,1,14-15,17-18H2,2-3H3/t29-/m0/s1. The Kier molecular flexibility index (Phi) is 8.34. The molecule has 2 aliphatic rings. The van der Waals surface area contributed by atoms with Crippen molar-refractivity contribution in [3.8, 4) is 17.2 Å². The maximum absolute atomic E-state index is 16.1. The van der Waals surface area contributed by atoms with Crippen LogP contribution in [0.3, 0.4) is 0 Å². The third-order valence-electron chi connectivity index (χ3n) is 7.37. The molecule has 0 unspecified atom stereocenters. The van der Waals surface area contributed by atoms with Crippen LogP contribution in [0.2, 0.25) is 0 Å². The zero-order valence-electron chi connectivity index (χ0n) is 24.3. The molecule has 8 nitrogen and oxygen atoms in total. The first kappa shape index (κ1) is 31.9. The van der Waals surface area contributed by atoms with Crippen molar-refractivity contribution < 1.29 is 45.4 Å². The van der Waals surface area contributed by atoms with Crippen molar-refractivity contribution in [1.82, 2.24) is 0 Å².